The first-order valence-corrected chi connectivity index (χ1v) is 3.61. The summed E-state index contributed by atoms with van der Waals surface area (Å²) in [5.74, 6) is 0. The van der Waals surface area contributed by atoms with Crippen LogP contribution in [0.3, 0.4) is 0 Å². The van der Waals surface area contributed by atoms with Crippen molar-refractivity contribution >= 4 is 5.71 Å². The number of hydrogen-bond donors (Lipinski definition) is 0. The van der Waals surface area contributed by atoms with Crippen molar-refractivity contribution < 1.29 is 0 Å². The first-order valence-electron chi connectivity index (χ1n) is 3.61. The Labute approximate surface area is 63.9 Å². The minimum absolute atomic E-state index is 0.211. The summed E-state index contributed by atoms with van der Waals surface area (Å²) in [6, 6.07) is 0. The lowest BCUT2D eigenvalue weighted by Gasteiger charge is -2.17. The minimum Gasteiger partial charge on any atom is -0.290 e. The van der Waals surface area contributed by atoms with Crippen LogP contribution in [0.25, 0.3) is 0 Å². The van der Waals surface area contributed by atoms with E-state index in [9.17, 15) is 0 Å². The van der Waals surface area contributed by atoms with Crippen molar-refractivity contribution in [2.24, 2.45) is 10.4 Å². The summed E-state index contributed by atoms with van der Waals surface area (Å²) in [6.07, 6.45) is 1.81. The number of aliphatic imine (C=N–C) groups is 1. The normalized spacial score (nSPS) is 13.4. The minimum atomic E-state index is 0.211. The van der Waals surface area contributed by atoms with Gasteiger partial charge in [-0.2, -0.15) is 0 Å². The fourth-order valence-electron chi connectivity index (χ4n) is 0.439. The molecule has 0 rings (SSSR count). The largest absolute Gasteiger partial charge is 0.290 e. The fraction of sp³-hybridized carbons (Fsp3) is 0.667. The summed E-state index contributed by atoms with van der Waals surface area (Å²) in [5.41, 5.74) is 1.40. The van der Waals surface area contributed by atoms with Gasteiger partial charge in [-0.05, 0) is 12.3 Å². The second-order valence-corrected chi connectivity index (χ2v) is 3.46. The van der Waals surface area contributed by atoms with Crippen molar-refractivity contribution in [3.05, 3.63) is 12.7 Å². The maximum Gasteiger partial charge on any atom is 0.0567 e. The van der Waals surface area contributed by atoms with Crippen molar-refractivity contribution in [2.45, 2.75) is 27.7 Å². The third-order valence-electron chi connectivity index (χ3n) is 1.54. The molecule has 0 unspecified atom stereocenters. The van der Waals surface area contributed by atoms with Crippen molar-refractivity contribution in [3.63, 3.8) is 0 Å². The molecule has 0 saturated carbocycles. The Morgan fingerprint density at radius 3 is 2.30 bits per heavy atom. The van der Waals surface area contributed by atoms with E-state index < -0.39 is 0 Å². The van der Waals surface area contributed by atoms with Crippen molar-refractivity contribution in [1.29, 1.82) is 0 Å². The second-order valence-electron chi connectivity index (χ2n) is 3.46. The molecule has 0 spiro atoms. The van der Waals surface area contributed by atoms with Gasteiger partial charge in [0.25, 0.3) is 0 Å². The van der Waals surface area contributed by atoms with E-state index in [1.165, 1.54) is 5.71 Å². The Bertz CT molecular complexity index is 137. The Kier molecular flexibility index (Phi) is 3.34. The van der Waals surface area contributed by atoms with Crippen LogP contribution in [0.4, 0.5) is 0 Å². The highest BCUT2D eigenvalue weighted by atomic mass is 14.7. The summed E-state index contributed by atoms with van der Waals surface area (Å²) >= 11 is 0. The molecule has 0 heterocycles. The molecular formula is C9H17N. The molecule has 10 heavy (non-hydrogen) atoms. The maximum atomic E-state index is 4.31. The number of hydrogen-bond acceptors (Lipinski definition) is 1. The van der Waals surface area contributed by atoms with E-state index in [1.54, 1.807) is 0 Å². The molecule has 0 aliphatic rings. The van der Waals surface area contributed by atoms with Crippen LogP contribution in [-0.4, -0.2) is 12.3 Å². The molecule has 0 saturated heterocycles. The number of nitrogens with zero attached hydrogens (tertiary/aromatic N) is 1. The first-order chi connectivity index (χ1) is 4.48. The predicted octanol–water partition coefficient (Wildman–Crippen LogP) is 2.68. The molecule has 0 aliphatic heterocycles. The third kappa shape index (κ3) is 3.44. The Morgan fingerprint density at radius 2 is 2.00 bits per heavy atom. The SMILES string of the molecule is C=CCN=C(C)C(C)(C)C. The molecule has 0 amide bonds. The van der Waals surface area contributed by atoms with Gasteiger partial charge < -0.3 is 0 Å². The molecule has 0 radical (unpaired) electrons. The molecule has 0 aliphatic carbocycles. The number of rotatable bonds is 2. The maximum absolute atomic E-state index is 4.31. The van der Waals surface area contributed by atoms with Gasteiger partial charge in [-0.3, -0.25) is 4.99 Å². The molecule has 0 aromatic heterocycles. The van der Waals surface area contributed by atoms with Crippen LogP contribution in [-0.2, 0) is 0 Å². The van der Waals surface area contributed by atoms with Crippen LogP contribution < -0.4 is 0 Å². The summed E-state index contributed by atoms with van der Waals surface area (Å²) in [6.45, 7) is 12.9. The zero-order chi connectivity index (χ0) is 8.20. The topological polar surface area (TPSA) is 12.4 Å². The molecule has 0 aromatic rings. The van der Waals surface area contributed by atoms with Crippen molar-refractivity contribution in [2.75, 3.05) is 6.54 Å². The Balaban J connectivity index is 4.05. The molecule has 0 aromatic carbocycles. The van der Waals surface area contributed by atoms with Crippen LogP contribution in [0.5, 0.6) is 0 Å². The van der Waals surface area contributed by atoms with Gasteiger partial charge >= 0.3 is 0 Å². The lowest BCUT2D eigenvalue weighted by atomic mass is 9.91. The lowest BCUT2D eigenvalue weighted by molar-refractivity contribution is 0.586. The highest BCUT2D eigenvalue weighted by Gasteiger charge is 2.12. The van der Waals surface area contributed by atoms with E-state index in [4.69, 9.17) is 0 Å². The fourth-order valence-corrected chi connectivity index (χ4v) is 0.439. The Morgan fingerprint density at radius 1 is 1.50 bits per heavy atom. The molecule has 1 heteroatoms. The summed E-state index contributed by atoms with van der Waals surface area (Å²) in [4.78, 5) is 4.31. The van der Waals surface area contributed by atoms with Crippen LogP contribution in [0, 0.1) is 5.41 Å². The molecule has 1 nitrogen and oxygen atoms in total. The zero-order valence-electron chi connectivity index (χ0n) is 7.44. The van der Waals surface area contributed by atoms with Gasteiger partial charge in [-0.1, -0.05) is 26.8 Å². The molecule has 58 valence electrons. The van der Waals surface area contributed by atoms with Gasteiger partial charge in [0.1, 0.15) is 0 Å². The van der Waals surface area contributed by atoms with E-state index in [1.807, 2.05) is 6.08 Å². The highest BCUT2D eigenvalue weighted by Crippen LogP contribution is 2.15. The van der Waals surface area contributed by atoms with Crippen LogP contribution in [0.1, 0.15) is 27.7 Å². The highest BCUT2D eigenvalue weighted by molar-refractivity contribution is 5.86. The third-order valence-corrected chi connectivity index (χ3v) is 1.54. The van der Waals surface area contributed by atoms with E-state index in [2.05, 4.69) is 39.3 Å². The second kappa shape index (κ2) is 3.55. The van der Waals surface area contributed by atoms with Gasteiger partial charge in [0.05, 0.1) is 6.54 Å². The molecule has 0 fully saturated rings. The van der Waals surface area contributed by atoms with Gasteiger partial charge in [0, 0.05) is 5.71 Å². The standard InChI is InChI=1S/C9H17N/c1-6-7-10-8(2)9(3,4)5/h6H,1,7H2,2-5H3. The van der Waals surface area contributed by atoms with Crippen molar-refractivity contribution in [1.82, 2.24) is 0 Å². The lowest BCUT2D eigenvalue weighted by Crippen LogP contribution is -2.16. The van der Waals surface area contributed by atoms with E-state index >= 15 is 0 Å². The van der Waals surface area contributed by atoms with Crippen molar-refractivity contribution in [3.8, 4) is 0 Å². The smallest absolute Gasteiger partial charge is 0.0567 e. The van der Waals surface area contributed by atoms with Crippen LogP contribution >= 0.6 is 0 Å². The molecular weight excluding hydrogens is 122 g/mol. The zero-order valence-corrected chi connectivity index (χ0v) is 7.44. The summed E-state index contributed by atoms with van der Waals surface area (Å²) in [5, 5.41) is 0. The average Bonchev–Trinajstić information content (AvgIpc) is 1.80. The first kappa shape index (κ1) is 9.41. The van der Waals surface area contributed by atoms with Crippen LogP contribution in [0.15, 0.2) is 17.6 Å². The van der Waals surface area contributed by atoms with Gasteiger partial charge in [-0.15, -0.1) is 6.58 Å². The quantitative estimate of drug-likeness (QED) is 0.412. The predicted molar refractivity (Wildman–Crippen MR) is 47.6 cm³/mol. The Hall–Kier alpha value is -0.590. The van der Waals surface area contributed by atoms with E-state index in [0.717, 1.165) is 6.54 Å². The van der Waals surface area contributed by atoms with E-state index in [-0.39, 0.29) is 5.41 Å². The summed E-state index contributed by atoms with van der Waals surface area (Å²) in [7, 11) is 0. The average molecular weight is 139 g/mol. The van der Waals surface area contributed by atoms with Crippen LogP contribution in [0.2, 0.25) is 0 Å². The van der Waals surface area contributed by atoms with Gasteiger partial charge in [-0.25, -0.2) is 0 Å². The molecule has 0 N–H and O–H groups in total. The van der Waals surface area contributed by atoms with E-state index in [0.29, 0.717) is 0 Å². The van der Waals surface area contributed by atoms with Gasteiger partial charge in [0.15, 0.2) is 0 Å². The van der Waals surface area contributed by atoms with Gasteiger partial charge in [0.2, 0.25) is 0 Å². The monoisotopic (exact) mass is 139 g/mol. The summed E-state index contributed by atoms with van der Waals surface area (Å²) < 4.78 is 0. The molecule has 0 atom stereocenters. The molecule has 0 bridgehead atoms.